The van der Waals surface area contributed by atoms with Crippen molar-refractivity contribution < 1.29 is 9.47 Å². The third kappa shape index (κ3) is 36.9. The average molecular weight is 602 g/mol. The third-order valence-electron chi connectivity index (χ3n) is 7.87. The molecule has 0 spiro atoms. The largest absolute Gasteiger partial charge is 0.379 e. The number of rotatable bonds is 34. The second-order valence-electron chi connectivity index (χ2n) is 12.6. The molecule has 0 N–H and O–H groups in total. The molecule has 0 aromatic heterocycles. The van der Waals surface area contributed by atoms with Gasteiger partial charge in [0, 0.05) is 19.8 Å². The fraction of sp³-hybridized carbons (Fsp3) is 0.800. The standard InChI is InChI=1S/C40H75NO2/c1-5-7-9-11-13-15-17-19-21-22-23-25-27-29-31-33-37-42-39-40(35-36-41(3)4)43-38-34-32-30-28-26-24-20-18-16-14-12-10-8-6-2/h10,12-13,15-16,18-19,21,40H,5-9,11,14,17,20,22-39H2,1-4H3/b12-10-,15-13-,18-16-,21-19-. The molecule has 0 rings (SSSR count). The van der Waals surface area contributed by atoms with Gasteiger partial charge in [0.1, 0.15) is 0 Å². The van der Waals surface area contributed by atoms with E-state index in [-0.39, 0.29) is 6.10 Å². The van der Waals surface area contributed by atoms with Gasteiger partial charge in [-0.1, -0.05) is 133 Å². The van der Waals surface area contributed by atoms with Crippen molar-refractivity contribution in [1.29, 1.82) is 0 Å². The Kier molecular flexibility index (Phi) is 36.0. The minimum Gasteiger partial charge on any atom is -0.379 e. The van der Waals surface area contributed by atoms with Crippen LogP contribution in [0.15, 0.2) is 48.6 Å². The summed E-state index contributed by atoms with van der Waals surface area (Å²) in [6.45, 7) is 8.05. The van der Waals surface area contributed by atoms with Crippen LogP contribution < -0.4 is 0 Å². The maximum absolute atomic E-state index is 6.26. The van der Waals surface area contributed by atoms with Crippen LogP contribution in [-0.2, 0) is 9.47 Å². The van der Waals surface area contributed by atoms with Crippen LogP contribution in [0.2, 0.25) is 0 Å². The number of ether oxygens (including phenoxy) is 2. The monoisotopic (exact) mass is 602 g/mol. The predicted octanol–water partition coefficient (Wildman–Crippen LogP) is 12.2. The van der Waals surface area contributed by atoms with Gasteiger partial charge in [0.05, 0.1) is 12.7 Å². The minimum atomic E-state index is 0.232. The van der Waals surface area contributed by atoms with Crippen LogP contribution in [0.1, 0.15) is 162 Å². The highest BCUT2D eigenvalue weighted by molar-refractivity contribution is 4.93. The van der Waals surface area contributed by atoms with E-state index in [0.29, 0.717) is 0 Å². The molecule has 0 aliphatic rings. The molecule has 252 valence electrons. The third-order valence-corrected chi connectivity index (χ3v) is 7.87. The van der Waals surface area contributed by atoms with E-state index in [1.165, 1.54) is 128 Å². The summed E-state index contributed by atoms with van der Waals surface area (Å²) in [4.78, 5) is 2.25. The summed E-state index contributed by atoms with van der Waals surface area (Å²) in [7, 11) is 4.28. The second kappa shape index (κ2) is 37.0. The molecule has 1 unspecified atom stereocenters. The summed E-state index contributed by atoms with van der Waals surface area (Å²) >= 11 is 0. The quantitative estimate of drug-likeness (QED) is 0.0541. The number of hydrogen-bond donors (Lipinski definition) is 0. The van der Waals surface area contributed by atoms with Crippen LogP contribution in [0.25, 0.3) is 0 Å². The Balaban J connectivity index is 3.66. The maximum Gasteiger partial charge on any atom is 0.0820 e. The van der Waals surface area contributed by atoms with Crippen LogP contribution in [0.3, 0.4) is 0 Å². The van der Waals surface area contributed by atoms with Crippen LogP contribution in [0.5, 0.6) is 0 Å². The molecule has 0 bridgehead atoms. The van der Waals surface area contributed by atoms with Crippen molar-refractivity contribution in [2.75, 3.05) is 40.5 Å². The van der Waals surface area contributed by atoms with Gasteiger partial charge < -0.3 is 14.4 Å². The zero-order chi connectivity index (χ0) is 31.3. The first-order valence-corrected chi connectivity index (χ1v) is 18.6. The van der Waals surface area contributed by atoms with E-state index in [2.05, 4.69) is 81.5 Å². The molecule has 3 nitrogen and oxygen atoms in total. The Morgan fingerprint density at radius 1 is 0.488 bits per heavy atom. The number of unbranched alkanes of at least 4 members (excludes halogenated alkanes) is 16. The van der Waals surface area contributed by atoms with Crippen LogP contribution in [0.4, 0.5) is 0 Å². The predicted molar refractivity (Wildman–Crippen MR) is 193 cm³/mol. The second-order valence-corrected chi connectivity index (χ2v) is 12.6. The number of hydrogen-bond acceptors (Lipinski definition) is 3. The minimum absolute atomic E-state index is 0.232. The molecule has 1 atom stereocenters. The van der Waals surface area contributed by atoms with E-state index in [4.69, 9.17) is 9.47 Å². The van der Waals surface area contributed by atoms with Crippen LogP contribution >= 0.6 is 0 Å². The zero-order valence-corrected chi connectivity index (χ0v) is 29.6. The summed E-state index contributed by atoms with van der Waals surface area (Å²) < 4.78 is 12.3. The van der Waals surface area contributed by atoms with Crippen molar-refractivity contribution >= 4 is 0 Å². The van der Waals surface area contributed by atoms with E-state index in [9.17, 15) is 0 Å². The molecule has 43 heavy (non-hydrogen) atoms. The zero-order valence-electron chi connectivity index (χ0n) is 29.6. The first kappa shape index (κ1) is 41.8. The topological polar surface area (TPSA) is 21.7 Å². The summed E-state index contributed by atoms with van der Waals surface area (Å²) in [5.74, 6) is 0. The lowest BCUT2D eigenvalue weighted by Gasteiger charge is -2.20. The van der Waals surface area contributed by atoms with Gasteiger partial charge in [0.15, 0.2) is 0 Å². The van der Waals surface area contributed by atoms with Gasteiger partial charge in [-0.05, 0) is 91.1 Å². The maximum atomic E-state index is 6.26. The van der Waals surface area contributed by atoms with E-state index in [0.717, 1.165) is 45.6 Å². The molecular formula is C40H75NO2. The molecule has 0 saturated carbocycles. The highest BCUT2D eigenvalue weighted by Gasteiger charge is 2.10. The summed E-state index contributed by atoms with van der Waals surface area (Å²) in [5.41, 5.74) is 0. The lowest BCUT2D eigenvalue weighted by molar-refractivity contribution is -0.0248. The van der Waals surface area contributed by atoms with Gasteiger partial charge in [-0.15, -0.1) is 0 Å². The van der Waals surface area contributed by atoms with Gasteiger partial charge in [-0.25, -0.2) is 0 Å². The van der Waals surface area contributed by atoms with E-state index in [1.807, 2.05) is 0 Å². The molecule has 0 aliphatic carbocycles. The molecule has 0 saturated heterocycles. The Hall–Kier alpha value is -1.16. The van der Waals surface area contributed by atoms with Gasteiger partial charge >= 0.3 is 0 Å². The molecule has 0 aliphatic heterocycles. The average Bonchev–Trinajstić information content (AvgIpc) is 3.00. The Bertz CT molecular complexity index is 636. The highest BCUT2D eigenvalue weighted by Crippen LogP contribution is 2.11. The Labute approximate surface area is 270 Å². The van der Waals surface area contributed by atoms with Crippen molar-refractivity contribution in [3.8, 4) is 0 Å². The number of allylic oxidation sites excluding steroid dienone is 8. The van der Waals surface area contributed by atoms with Crippen molar-refractivity contribution in [3.05, 3.63) is 48.6 Å². The van der Waals surface area contributed by atoms with E-state index < -0.39 is 0 Å². The van der Waals surface area contributed by atoms with Crippen molar-refractivity contribution in [2.45, 2.75) is 168 Å². The van der Waals surface area contributed by atoms with Crippen LogP contribution in [-0.4, -0.2) is 51.5 Å². The lowest BCUT2D eigenvalue weighted by atomic mass is 10.1. The molecule has 0 radical (unpaired) electrons. The highest BCUT2D eigenvalue weighted by atomic mass is 16.5. The van der Waals surface area contributed by atoms with Gasteiger partial charge in [-0.2, -0.15) is 0 Å². The molecule has 0 aromatic rings. The fourth-order valence-corrected chi connectivity index (χ4v) is 5.02. The first-order valence-electron chi connectivity index (χ1n) is 18.6. The molecule has 0 heterocycles. The van der Waals surface area contributed by atoms with Crippen molar-refractivity contribution in [1.82, 2.24) is 4.90 Å². The first-order chi connectivity index (χ1) is 21.2. The Morgan fingerprint density at radius 2 is 0.953 bits per heavy atom. The van der Waals surface area contributed by atoms with Gasteiger partial charge in [-0.3, -0.25) is 0 Å². The fourth-order valence-electron chi connectivity index (χ4n) is 5.02. The molecule has 0 aromatic carbocycles. The molecule has 0 fully saturated rings. The van der Waals surface area contributed by atoms with E-state index in [1.54, 1.807) is 0 Å². The molecule has 3 heteroatoms. The lowest BCUT2D eigenvalue weighted by Crippen LogP contribution is -2.26. The molecule has 0 amide bonds. The van der Waals surface area contributed by atoms with Gasteiger partial charge in [0.25, 0.3) is 0 Å². The van der Waals surface area contributed by atoms with Crippen molar-refractivity contribution in [2.24, 2.45) is 0 Å². The SMILES string of the molecule is CCC/C=C\C/C=C\CCCCCCCCOC(CCN(C)C)COCCCCCCCC/C=C\C/C=C\CCCCC. The molecular weight excluding hydrogens is 526 g/mol. The van der Waals surface area contributed by atoms with E-state index >= 15 is 0 Å². The van der Waals surface area contributed by atoms with Gasteiger partial charge in [0.2, 0.25) is 0 Å². The van der Waals surface area contributed by atoms with Crippen molar-refractivity contribution in [3.63, 3.8) is 0 Å². The smallest absolute Gasteiger partial charge is 0.0820 e. The summed E-state index contributed by atoms with van der Waals surface area (Å²) in [5, 5.41) is 0. The number of nitrogens with zero attached hydrogens (tertiary/aromatic N) is 1. The normalized spacial score (nSPS) is 13.2. The van der Waals surface area contributed by atoms with Crippen LogP contribution in [0, 0.1) is 0 Å². The Morgan fingerprint density at radius 3 is 1.47 bits per heavy atom. The summed E-state index contributed by atoms with van der Waals surface area (Å²) in [6, 6.07) is 0. The summed E-state index contributed by atoms with van der Waals surface area (Å²) in [6.07, 6.45) is 47.9.